The minimum Gasteiger partial charge on any atom is -0.341 e. The van der Waals surface area contributed by atoms with Crippen LogP contribution in [0.15, 0.2) is 46.4 Å². The van der Waals surface area contributed by atoms with Crippen LogP contribution in [0.4, 0.5) is 0 Å². The smallest absolute Gasteiger partial charge is 0.152 e. The fourth-order valence-corrected chi connectivity index (χ4v) is 3.57. The van der Waals surface area contributed by atoms with Gasteiger partial charge in [-0.15, -0.1) is 11.3 Å². The van der Waals surface area contributed by atoms with Crippen LogP contribution in [0.1, 0.15) is 15.2 Å². The van der Waals surface area contributed by atoms with Gasteiger partial charge >= 0.3 is 0 Å². The molecule has 3 aromatic rings. The van der Waals surface area contributed by atoms with Crippen LogP contribution in [0.5, 0.6) is 0 Å². The van der Waals surface area contributed by atoms with Crippen molar-refractivity contribution in [1.29, 1.82) is 0 Å². The van der Waals surface area contributed by atoms with Gasteiger partial charge in [0.05, 0.1) is 6.54 Å². The van der Waals surface area contributed by atoms with E-state index in [0.29, 0.717) is 0 Å². The number of aldehydes is 1. The number of carbonyl (C=O) groups is 1. The Hall–Kier alpha value is -1.39. The molecule has 90 valence electrons. The van der Waals surface area contributed by atoms with E-state index in [-0.39, 0.29) is 0 Å². The fraction of sp³-hybridized carbons (Fsp3) is 0.0714. The second kappa shape index (κ2) is 4.71. The van der Waals surface area contributed by atoms with Crippen molar-refractivity contribution in [2.24, 2.45) is 0 Å². The Bertz CT molecular complexity index is 713. The predicted molar refractivity (Wildman–Crippen MR) is 78.4 cm³/mol. The zero-order chi connectivity index (χ0) is 12.5. The van der Waals surface area contributed by atoms with E-state index in [1.54, 1.807) is 11.3 Å². The molecule has 0 N–H and O–H groups in total. The Kier molecular flexibility index (Phi) is 3.06. The van der Waals surface area contributed by atoms with Gasteiger partial charge in [0.2, 0.25) is 0 Å². The molecule has 2 nitrogen and oxygen atoms in total. The summed E-state index contributed by atoms with van der Waals surface area (Å²) in [6, 6.07) is 10.0. The van der Waals surface area contributed by atoms with E-state index in [9.17, 15) is 4.79 Å². The molecule has 0 saturated heterocycles. The number of aromatic nitrogens is 1. The van der Waals surface area contributed by atoms with E-state index >= 15 is 0 Å². The standard InChI is InChI=1S/C14H10BrNOS/c15-12-5-6-18-14(12)8-16-7-10(9-17)11-3-1-2-4-13(11)16/h1-7,9H,8H2. The minimum absolute atomic E-state index is 0.748. The highest BCUT2D eigenvalue weighted by molar-refractivity contribution is 9.10. The number of benzene rings is 1. The summed E-state index contributed by atoms with van der Waals surface area (Å²) < 4.78 is 3.24. The topological polar surface area (TPSA) is 22.0 Å². The molecule has 0 saturated carbocycles. The van der Waals surface area contributed by atoms with Gasteiger partial charge in [0.25, 0.3) is 0 Å². The van der Waals surface area contributed by atoms with Crippen LogP contribution in [0.25, 0.3) is 10.9 Å². The fourth-order valence-electron chi connectivity index (χ4n) is 2.09. The van der Waals surface area contributed by atoms with Gasteiger partial charge in [-0.3, -0.25) is 4.79 Å². The SMILES string of the molecule is O=Cc1cn(Cc2sccc2Br)c2ccccc12. The van der Waals surface area contributed by atoms with Gasteiger partial charge in [-0.1, -0.05) is 18.2 Å². The molecular formula is C14H10BrNOS. The molecule has 0 aliphatic rings. The third kappa shape index (κ3) is 1.91. The van der Waals surface area contributed by atoms with Gasteiger partial charge in [-0.25, -0.2) is 0 Å². The largest absolute Gasteiger partial charge is 0.341 e. The summed E-state index contributed by atoms with van der Waals surface area (Å²) in [6.07, 6.45) is 2.84. The molecule has 1 aromatic carbocycles. The molecule has 0 bridgehead atoms. The van der Waals surface area contributed by atoms with Crippen LogP contribution in [0, 0.1) is 0 Å². The zero-order valence-corrected chi connectivity index (χ0v) is 11.9. The van der Waals surface area contributed by atoms with E-state index in [2.05, 4.69) is 25.9 Å². The maximum Gasteiger partial charge on any atom is 0.152 e. The Morgan fingerprint density at radius 3 is 2.83 bits per heavy atom. The van der Waals surface area contributed by atoms with Crippen LogP contribution in [0.3, 0.4) is 0 Å². The highest BCUT2D eigenvalue weighted by Crippen LogP contribution is 2.26. The number of hydrogen-bond acceptors (Lipinski definition) is 2. The van der Waals surface area contributed by atoms with Gasteiger partial charge in [0.15, 0.2) is 6.29 Å². The lowest BCUT2D eigenvalue weighted by Crippen LogP contribution is -1.96. The lowest BCUT2D eigenvalue weighted by Gasteiger charge is -2.03. The minimum atomic E-state index is 0.748. The molecule has 18 heavy (non-hydrogen) atoms. The van der Waals surface area contributed by atoms with Crippen molar-refractivity contribution in [3.05, 3.63) is 56.8 Å². The molecule has 0 spiro atoms. The van der Waals surface area contributed by atoms with E-state index < -0.39 is 0 Å². The van der Waals surface area contributed by atoms with Crippen molar-refractivity contribution in [3.63, 3.8) is 0 Å². The maximum absolute atomic E-state index is 11.1. The first-order chi connectivity index (χ1) is 8.79. The number of rotatable bonds is 3. The van der Waals surface area contributed by atoms with Gasteiger partial charge < -0.3 is 4.57 Å². The third-order valence-corrected chi connectivity index (χ3v) is 4.86. The molecule has 2 heterocycles. The lowest BCUT2D eigenvalue weighted by atomic mass is 10.2. The summed E-state index contributed by atoms with van der Waals surface area (Å²) in [5.74, 6) is 0. The summed E-state index contributed by atoms with van der Waals surface area (Å²) in [5.41, 5.74) is 1.85. The second-order valence-corrected chi connectivity index (χ2v) is 5.89. The van der Waals surface area contributed by atoms with E-state index in [1.165, 1.54) is 4.88 Å². The highest BCUT2D eigenvalue weighted by Gasteiger charge is 2.09. The molecule has 4 heteroatoms. The van der Waals surface area contributed by atoms with E-state index in [4.69, 9.17) is 0 Å². The summed E-state index contributed by atoms with van der Waals surface area (Å²) >= 11 is 5.25. The molecule has 0 unspecified atom stereocenters. The monoisotopic (exact) mass is 319 g/mol. The molecule has 0 aliphatic carbocycles. The van der Waals surface area contributed by atoms with Crippen molar-refractivity contribution in [2.45, 2.75) is 6.54 Å². The third-order valence-electron chi connectivity index (χ3n) is 2.95. The summed E-state index contributed by atoms with van der Waals surface area (Å²) in [5, 5.41) is 3.08. The number of para-hydroxylation sites is 1. The Morgan fingerprint density at radius 2 is 2.11 bits per heavy atom. The van der Waals surface area contributed by atoms with Crippen molar-refractivity contribution in [2.75, 3.05) is 0 Å². The van der Waals surface area contributed by atoms with Crippen LogP contribution in [-0.2, 0) is 6.54 Å². The Balaban J connectivity index is 2.12. The Morgan fingerprint density at radius 1 is 1.28 bits per heavy atom. The van der Waals surface area contributed by atoms with Crippen LogP contribution < -0.4 is 0 Å². The van der Waals surface area contributed by atoms with Crippen molar-refractivity contribution >= 4 is 44.5 Å². The van der Waals surface area contributed by atoms with Crippen molar-refractivity contribution in [3.8, 4) is 0 Å². The molecule has 2 aromatic heterocycles. The number of thiophene rings is 1. The summed E-state index contributed by atoms with van der Waals surface area (Å²) in [4.78, 5) is 12.3. The molecule has 3 rings (SSSR count). The van der Waals surface area contributed by atoms with Crippen molar-refractivity contribution < 1.29 is 4.79 Å². The van der Waals surface area contributed by atoms with Gasteiger partial charge in [0, 0.05) is 32.0 Å². The normalized spacial score (nSPS) is 10.9. The number of hydrogen-bond donors (Lipinski definition) is 0. The highest BCUT2D eigenvalue weighted by atomic mass is 79.9. The molecule has 0 amide bonds. The number of carbonyl (C=O) groups excluding carboxylic acids is 1. The van der Waals surface area contributed by atoms with E-state index in [1.807, 2.05) is 36.5 Å². The zero-order valence-electron chi connectivity index (χ0n) is 9.47. The van der Waals surface area contributed by atoms with E-state index in [0.717, 1.165) is 33.8 Å². The van der Waals surface area contributed by atoms with Crippen LogP contribution in [-0.4, -0.2) is 10.9 Å². The molecular weight excluding hydrogens is 310 g/mol. The van der Waals surface area contributed by atoms with Gasteiger partial charge in [-0.05, 0) is 33.4 Å². The Labute approximate surface area is 117 Å². The summed E-state index contributed by atoms with van der Waals surface area (Å²) in [6.45, 7) is 0.784. The average Bonchev–Trinajstić information content (AvgIpc) is 2.95. The van der Waals surface area contributed by atoms with Gasteiger partial charge in [0.1, 0.15) is 0 Å². The maximum atomic E-state index is 11.1. The van der Waals surface area contributed by atoms with Gasteiger partial charge in [-0.2, -0.15) is 0 Å². The summed E-state index contributed by atoms with van der Waals surface area (Å²) in [7, 11) is 0. The predicted octanol–water partition coefficient (Wildman–Crippen LogP) is 4.33. The molecule has 0 aliphatic heterocycles. The van der Waals surface area contributed by atoms with Crippen molar-refractivity contribution in [1.82, 2.24) is 4.57 Å². The number of fused-ring (bicyclic) bond motifs is 1. The van der Waals surface area contributed by atoms with Crippen LogP contribution >= 0.6 is 27.3 Å². The molecule has 0 atom stereocenters. The first-order valence-corrected chi connectivity index (χ1v) is 7.22. The van der Waals surface area contributed by atoms with Crippen LogP contribution in [0.2, 0.25) is 0 Å². The first kappa shape index (κ1) is 11.7. The quantitative estimate of drug-likeness (QED) is 0.659. The molecule has 0 fully saturated rings. The number of nitrogens with zero attached hydrogens (tertiary/aromatic N) is 1. The average molecular weight is 320 g/mol. The number of halogens is 1. The first-order valence-electron chi connectivity index (χ1n) is 5.54. The second-order valence-electron chi connectivity index (χ2n) is 4.04. The lowest BCUT2D eigenvalue weighted by molar-refractivity contribution is 0.112. The molecule has 0 radical (unpaired) electrons.